The number of carbonyl (C=O) groups is 1. The molecule has 0 saturated heterocycles. The third-order valence-corrected chi connectivity index (χ3v) is 2.24. The lowest BCUT2D eigenvalue weighted by molar-refractivity contribution is 0.0520. The fourth-order valence-electron chi connectivity index (χ4n) is 1.41. The van der Waals surface area contributed by atoms with Gasteiger partial charge in [0, 0.05) is 0 Å². The third-order valence-electron chi connectivity index (χ3n) is 2.24. The molecule has 2 aromatic rings. The van der Waals surface area contributed by atoms with E-state index in [1.165, 1.54) is 28.9 Å². The molecule has 0 unspecified atom stereocenters. The third kappa shape index (κ3) is 2.15. The van der Waals surface area contributed by atoms with E-state index < -0.39 is 5.97 Å². The van der Waals surface area contributed by atoms with Gasteiger partial charge in [-0.05, 0) is 31.2 Å². The topological polar surface area (TPSA) is 83.0 Å². The molecule has 0 amide bonds. The van der Waals surface area contributed by atoms with E-state index in [1.54, 1.807) is 6.92 Å². The summed E-state index contributed by atoms with van der Waals surface area (Å²) in [6.45, 7) is 1.90. The predicted molar refractivity (Wildman–Crippen MR) is 61.7 cm³/mol. The molecule has 2 N–H and O–H groups in total. The zero-order valence-electron chi connectivity index (χ0n) is 9.63. The molecule has 0 fully saturated rings. The fraction of sp³-hybridized carbons (Fsp3) is 0.182. The first-order chi connectivity index (χ1) is 8.63. The van der Waals surface area contributed by atoms with Crippen LogP contribution in [0.2, 0.25) is 0 Å². The molecule has 18 heavy (non-hydrogen) atoms. The largest absolute Gasteiger partial charge is 0.461 e. The maximum Gasteiger partial charge on any atom is 0.362 e. The molecule has 2 rings (SSSR count). The number of anilines is 1. The highest BCUT2D eigenvalue weighted by molar-refractivity contribution is 5.92. The summed E-state index contributed by atoms with van der Waals surface area (Å²) < 4.78 is 18.8. The SMILES string of the molecule is CCOC(=O)c1nnn(-c2ccc(F)cc2)c1N. The highest BCUT2D eigenvalue weighted by atomic mass is 19.1. The van der Waals surface area contributed by atoms with E-state index in [0.29, 0.717) is 5.69 Å². The van der Waals surface area contributed by atoms with Gasteiger partial charge in [-0.15, -0.1) is 5.10 Å². The first kappa shape index (κ1) is 12.0. The van der Waals surface area contributed by atoms with Gasteiger partial charge in [-0.2, -0.15) is 4.68 Å². The number of aromatic nitrogens is 3. The smallest absolute Gasteiger partial charge is 0.362 e. The summed E-state index contributed by atoms with van der Waals surface area (Å²) in [6.07, 6.45) is 0. The Hall–Kier alpha value is -2.44. The number of hydrogen-bond acceptors (Lipinski definition) is 5. The van der Waals surface area contributed by atoms with Crippen LogP contribution < -0.4 is 5.73 Å². The van der Waals surface area contributed by atoms with Crippen molar-refractivity contribution < 1.29 is 13.9 Å². The van der Waals surface area contributed by atoms with Crippen molar-refractivity contribution in [3.8, 4) is 5.69 Å². The van der Waals surface area contributed by atoms with E-state index >= 15 is 0 Å². The molecule has 94 valence electrons. The molecule has 6 nitrogen and oxygen atoms in total. The second-order valence-electron chi connectivity index (χ2n) is 3.43. The van der Waals surface area contributed by atoms with E-state index in [9.17, 15) is 9.18 Å². The molecule has 0 aliphatic rings. The molecule has 0 saturated carbocycles. The second kappa shape index (κ2) is 4.82. The van der Waals surface area contributed by atoms with Crippen molar-refractivity contribution in [2.75, 3.05) is 12.3 Å². The van der Waals surface area contributed by atoms with Crippen molar-refractivity contribution in [3.05, 3.63) is 35.8 Å². The van der Waals surface area contributed by atoms with Crippen molar-refractivity contribution >= 4 is 11.8 Å². The van der Waals surface area contributed by atoms with Gasteiger partial charge in [0.15, 0.2) is 5.82 Å². The number of benzene rings is 1. The lowest BCUT2D eigenvalue weighted by Crippen LogP contribution is -2.09. The molecule has 0 radical (unpaired) electrons. The van der Waals surface area contributed by atoms with Gasteiger partial charge >= 0.3 is 5.97 Å². The van der Waals surface area contributed by atoms with Crippen LogP contribution >= 0.6 is 0 Å². The summed E-state index contributed by atoms with van der Waals surface area (Å²) in [5.74, 6) is -0.952. The van der Waals surface area contributed by atoms with Gasteiger partial charge in [0.25, 0.3) is 0 Å². The number of rotatable bonds is 3. The molecule has 0 bridgehead atoms. The van der Waals surface area contributed by atoms with E-state index in [-0.39, 0.29) is 23.9 Å². The van der Waals surface area contributed by atoms with Crippen LogP contribution in [-0.2, 0) is 4.74 Å². The molecular formula is C11H11FN4O2. The van der Waals surface area contributed by atoms with E-state index in [1.807, 2.05) is 0 Å². The van der Waals surface area contributed by atoms with Crippen molar-refractivity contribution in [2.24, 2.45) is 0 Å². The zero-order valence-corrected chi connectivity index (χ0v) is 9.63. The molecule has 1 aromatic heterocycles. The van der Waals surface area contributed by atoms with Crippen molar-refractivity contribution in [2.45, 2.75) is 6.92 Å². The van der Waals surface area contributed by atoms with Crippen molar-refractivity contribution in [3.63, 3.8) is 0 Å². The van der Waals surface area contributed by atoms with Gasteiger partial charge in [-0.3, -0.25) is 0 Å². The summed E-state index contributed by atoms with van der Waals surface area (Å²) >= 11 is 0. The number of halogens is 1. The van der Waals surface area contributed by atoms with Crippen LogP contribution in [0.15, 0.2) is 24.3 Å². The van der Waals surface area contributed by atoms with Gasteiger partial charge in [0.05, 0.1) is 12.3 Å². The Morgan fingerprint density at radius 2 is 2.11 bits per heavy atom. The molecule has 0 aliphatic carbocycles. The van der Waals surface area contributed by atoms with Gasteiger partial charge in [-0.25, -0.2) is 9.18 Å². The summed E-state index contributed by atoms with van der Waals surface area (Å²) in [4.78, 5) is 11.5. The molecule has 1 aromatic carbocycles. The van der Waals surface area contributed by atoms with E-state index in [4.69, 9.17) is 10.5 Å². The standard InChI is InChI=1S/C11H11FN4O2/c1-2-18-11(17)9-10(13)16(15-14-9)8-5-3-7(12)4-6-8/h3-6H,2,13H2,1H3. The van der Waals surface area contributed by atoms with Crippen LogP contribution in [0.4, 0.5) is 10.2 Å². The fourth-order valence-corrected chi connectivity index (χ4v) is 1.41. The number of carbonyl (C=O) groups excluding carboxylic acids is 1. The van der Waals surface area contributed by atoms with E-state index in [2.05, 4.69) is 10.3 Å². The number of nitrogens with zero attached hydrogens (tertiary/aromatic N) is 3. The molecule has 1 heterocycles. The molecule has 0 aliphatic heterocycles. The van der Waals surface area contributed by atoms with E-state index in [0.717, 1.165) is 0 Å². The Bertz CT molecular complexity index is 565. The predicted octanol–water partition coefficient (Wildman–Crippen LogP) is 1.17. The average molecular weight is 250 g/mol. The van der Waals surface area contributed by atoms with Crippen LogP contribution in [0.3, 0.4) is 0 Å². The van der Waals surface area contributed by atoms with Gasteiger partial charge in [-0.1, -0.05) is 5.21 Å². The Labute approximate surface area is 102 Å². The zero-order chi connectivity index (χ0) is 13.1. The minimum Gasteiger partial charge on any atom is -0.461 e. The minimum absolute atomic E-state index is 0.0545. The van der Waals surface area contributed by atoms with Crippen LogP contribution in [0.1, 0.15) is 17.4 Å². The molecule has 0 spiro atoms. The van der Waals surface area contributed by atoms with Gasteiger partial charge in [0.1, 0.15) is 5.82 Å². The van der Waals surface area contributed by atoms with Gasteiger partial charge in [0.2, 0.25) is 5.69 Å². The summed E-state index contributed by atoms with van der Waals surface area (Å²) in [5, 5.41) is 7.39. The summed E-state index contributed by atoms with van der Waals surface area (Å²) in [5.41, 5.74) is 6.20. The number of hydrogen-bond donors (Lipinski definition) is 1. The first-order valence-corrected chi connectivity index (χ1v) is 5.27. The van der Waals surface area contributed by atoms with Gasteiger partial charge < -0.3 is 10.5 Å². The molecule has 7 heteroatoms. The number of nitrogens with two attached hydrogens (primary N) is 1. The highest BCUT2D eigenvalue weighted by Crippen LogP contribution is 2.16. The minimum atomic E-state index is -0.636. The number of nitrogen functional groups attached to an aromatic ring is 1. The lowest BCUT2D eigenvalue weighted by atomic mass is 10.3. The van der Waals surface area contributed by atoms with Crippen molar-refractivity contribution in [1.29, 1.82) is 0 Å². The Kier molecular flexibility index (Phi) is 3.22. The van der Waals surface area contributed by atoms with Crippen LogP contribution in [0.25, 0.3) is 5.69 Å². The van der Waals surface area contributed by atoms with Crippen molar-refractivity contribution in [1.82, 2.24) is 15.0 Å². The average Bonchev–Trinajstić information content (AvgIpc) is 2.73. The number of esters is 1. The number of ether oxygens (including phenoxy) is 1. The second-order valence-corrected chi connectivity index (χ2v) is 3.43. The summed E-state index contributed by atoms with van der Waals surface area (Å²) in [7, 11) is 0. The van der Waals surface area contributed by atoms with Crippen LogP contribution in [0, 0.1) is 5.82 Å². The Balaban J connectivity index is 2.36. The normalized spacial score (nSPS) is 10.3. The lowest BCUT2D eigenvalue weighted by Gasteiger charge is -2.03. The summed E-state index contributed by atoms with van der Waals surface area (Å²) in [6, 6.07) is 5.49. The quantitative estimate of drug-likeness (QED) is 0.826. The molecule has 0 atom stereocenters. The van der Waals surface area contributed by atoms with Crippen LogP contribution in [0.5, 0.6) is 0 Å². The maximum absolute atomic E-state index is 12.8. The molecular weight excluding hydrogens is 239 g/mol. The monoisotopic (exact) mass is 250 g/mol. The maximum atomic E-state index is 12.8. The Morgan fingerprint density at radius 3 is 2.72 bits per heavy atom. The van der Waals surface area contributed by atoms with Crippen LogP contribution in [-0.4, -0.2) is 27.6 Å². The Morgan fingerprint density at radius 1 is 1.44 bits per heavy atom. The highest BCUT2D eigenvalue weighted by Gasteiger charge is 2.19. The first-order valence-electron chi connectivity index (χ1n) is 5.27.